The predicted molar refractivity (Wildman–Crippen MR) is 77.6 cm³/mol. The van der Waals surface area contributed by atoms with E-state index in [-0.39, 0.29) is 5.79 Å². The summed E-state index contributed by atoms with van der Waals surface area (Å²) in [5.41, 5.74) is 0.325. The van der Waals surface area contributed by atoms with Gasteiger partial charge in [0.05, 0.1) is 26.4 Å². The molecule has 116 valence electrons. The first-order valence-electron chi connectivity index (χ1n) is 8.10. The highest BCUT2D eigenvalue weighted by Gasteiger charge is 2.57. The lowest BCUT2D eigenvalue weighted by Gasteiger charge is -2.57. The van der Waals surface area contributed by atoms with Crippen molar-refractivity contribution >= 4 is 0 Å². The van der Waals surface area contributed by atoms with Crippen molar-refractivity contribution in [3.8, 4) is 0 Å². The molecule has 2 saturated heterocycles. The first-order chi connectivity index (χ1) is 9.52. The van der Waals surface area contributed by atoms with E-state index in [4.69, 9.17) is 14.2 Å². The molecule has 0 bridgehead atoms. The van der Waals surface area contributed by atoms with Crippen LogP contribution in [0, 0.1) is 17.3 Å². The molecule has 1 saturated carbocycles. The Morgan fingerprint density at radius 3 is 2.25 bits per heavy atom. The molecule has 2 heterocycles. The average Bonchev–Trinajstić information content (AvgIpc) is 2.86. The zero-order valence-electron chi connectivity index (χ0n) is 13.2. The van der Waals surface area contributed by atoms with Gasteiger partial charge in [0.1, 0.15) is 0 Å². The van der Waals surface area contributed by atoms with Gasteiger partial charge in [-0.15, -0.1) is 0 Å². The van der Waals surface area contributed by atoms with Crippen LogP contribution in [-0.4, -0.2) is 56.7 Å². The van der Waals surface area contributed by atoms with Crippen LogP contribution < -0.4 is 0 Å². The molecular formula is C16H29NO3. The Morgan fingerprint density at radius 1 is 1.00 bits per heavy atom. The van der Waals surface area contributed by atoms with Crippen LogP contribution in [0.2, 0.25) is 0 Å². The van der Waals surface area contributed by atoms with Gasteiger partial charge in [-0.25, -0.2) is 0 Å². The average molecular weight is 283 g/mol. The van der Waals surface area contributed by atoms with E-state index in [1.54, 1.807) is 0 Å². The van der Waals surface area contributed by atoms with Crippen LogP contribution >= 0.6 is 0 Å². The van der Waals surface area contributed by atoms with E-state index < -0.39 is 0 Å². The van der Waals surface area contributed by atoms with Gasteiger partial charge >= 0.3 is 0 Å². The SMILES string of the molecule is CC1(C2CC(CCN3CCOCC3)C2(C)C)OCCO1. The molecule has 0 aromatic carbocycles. The minimum atomic E-state index is -0.334. The number of hydrogen-bond donors (Lipinski definition) is 0. The zero-order chi connectivity index (χ0) is 14.2. The van der Waals surface area contributed by atoms with Crippen molar-refractivity contribution in [2.45, 2.75) is 39.4 Å². The van der Waals surface area contributed by atoms with Gasteiger partial charge < -0.3 is 14.2 Å². The van der Waals surface area contributed by atoms with Gasteiger partial charge in [0.25, 0.3) is 0 Å². The second kappa shape index (κ2) is 5.56. The number of ether oxygens (including phenoxy) is 3. The normalized spacial score (nSPS) is 36.8. The van der Waals surface area contributed by atoms with E-state index in [1.165, 1.54) is 19.4 Å². The molecule has 0 radical (unpaired) electrons. The maximum Gasteiger partial charge on any atom is 0.169 e. The van der Waals surface area contributed by atoms with Crippen LogP contribution in [0.15, 0.2) is 0 Å². The molecule has 0 amide bonds. The summed E-state index contributed by atoms with van der Waals surface area (Å²) in [4.78, 5) is 2.54. The van der Waals surface area contributed by atoms with Gasteiger partial charge in [-0.3, -0.25) is 4.90 Å². The number of morpholine rings is 1. The summed E-state index contributed by atoms with van der Waals surface area (Å²) >= 11 is 0. The van der Waals surface area contributed by atoms with Crippen LogP contribution in [0.1, 0.15) is 33.6 Å². The molecule has 4 nitrogen and oxygen atoms in total. The summed E-state index contributed by atoms with van der Waals surface area (Å²) in [6, 6.07) is 0. The van der Waals surface area contributed by atoms with E-state index in [1.807, 2.05) is 0 Å². The minimum Gasteiger partial charge on any atom is -0.379 e. The van der Waals surface area contributed by atoms with Crippen LogP contribution in [0.5, 0.6) is 0 Å². The molecule has 3 rings (SSSR count). The molecule has 3 aliphatic rings. The topological polar surface area (TPSA) is 30.9 Å². The molecule has 4 heteroatoms. The van der Waals surface area contributed by atoms with E-state index in [2.05, 4.69) is 25.7 Å². The molecule has 2 unspecified atom stereocenters. The fourth-order valence-electron chi connectivity index (χ4n) is 4.29. The summed E-state index contributed by atoms with van der Waals surface area (Å²) in [6.45, 7) is 13.6. The third-order valence-electron chi connectivity index (χ3n) is 5.86. The van der Waals surface area contributed by atoms with E-state index in [9.17, 15) is 0 Å². The Bertz CT molecular complexity index is 333. The van der Waals surface area contributed by atoms with Gasteiger partial charge in [0, 0.05) is 19.0 Å². The first-order valence-corrected chi connectivity index (χ1v) is 8.10. The highest BCUT2D eigenvalue weighted by atomic mass is 16.7. The highest BCUT2D eigenvalue weighted by Crippen LogP contribution is 2.58. The monoisotopic (exact) mass is 283 g/mol. The van der Waals surface area contributed by atoms with Crippen LogP contribution in [0.4, 0.5) is 0 Å². The standard InChI is InChI=1S/C16H29NO3/c1-15(2)13(4-5-17-6-8-18-9-7-17)12-14(15)16(3)19-10-11-20-16/h13-14H,4-12H2,1-3H3. The molecule has 3 fully saturated rings. The van der Waals surface area contributed by atoms with Crippen molar-refractivity contribution in [3.05, 3.63) is 0 Å². The zero-order valence-corrected chi connectivity index (χ0v) is 13.2. The highest BCUT2D eigenvalue weighted by molar-refractivity contribution is 5.02. The van der Waals surface area contributed by atoms with Crippen molar-refractivity contribution in [1.82, 2.24) is 4.90 Å². The lowest BCUT2D eigenvalue weighted by molar-refractivity contribution is -0.254. The molecule has 0 aromatic heterocycles. The Balaban J connectivity index is 1.50. The molecule has 0 N–H and O–H groups in total. The summed E-state index contributed by atoms with van der Waals surface area (Å²) in [5, 5.41) is 0. The van der Waals surface area contributed by atoms with Gasteiger partial charge in [0.15, 0.2) is 5.79 Å². The molecular weight excluding hydrogens is 254 g/mol. The maximum absolute atomic E-state index is 5.87. The van der Waals surface area contributed by atoms with Crippen LogP contribution in [0.3, 0.4) is 0 Å². The minimum absolute atomic E-state index is 0.325. The summed E-state index contributed by atoms with van der Waals surface area (Å²) in [5.74, 6) is 0.992. The van der Waals surface area contributed by atoms with E-state index >= 15 is 0 Å². The summed E-state index contributed by atoms with van der Waals surface area (Å²) < 4.78 is 17.2. The first kappa shape index (κ1) is 14.8. The Morgan fingerprint density at radius 2 is 1.65 bits per heavy atom. The Hall–Kier alpha value is -0.160. The second-order valence-electron chi connectivity index (χ2n) is 7.26. The second-order valence-corrected chi connectivity index (χ2v) is 7.26. The quantitative estimate of drug-likeness (QED) is 0.791. The fraction of sp³-hybridized carbons (Fsp3) is 1.00. The Kier molecular flexibility index (Phi) is 4.10. The maximum atomic E-state index is 5.87. The van der Waals surface area contributed by atoms with Crippen molar-refractivity contribution in [1.29, 1.82) is 0 Å². The summed E-state index contributed by atoms with van der Waals surface area (Å²) in [6.07, 6.45) is 2.54. The number of rotatable bonds is 4. The Labute approximate surface area is 122 Å². The summed E-state index contributed by atoms with van der Waals surface area (Å²) in [7, 11) is 0. The van der Waals surface area contributed by atoms with Crippen molar-refractivity contribution < 1.29 is 14.2 Å². The molecule has 2 atom stereocenters. The van der Waals surface area contributed by atoms with Crippen LogP contribution in [-0.2, 0) is 14.2 Å². The third-order valence-corrected chi connectivity index (χ3v) is 5.86. The van der Waals surface area contributed by atoms with Crippen molar-refractivity contribution in [2.75, 3.05) is 46.1 Å². The molecule has 0 aromatic rings. The van der Waals surface area contributed by atoms with Crippen LogP contribution in [0.25, 0.3) is 0 Å². The van der Waals surface area contributed by atoms with Crippen molar-refractivity contribution in [3.63, 3.8) is 0 Å². The lowest BCUT2D eigenvalue weighted by Crippen LogP contribution is -2.56. The molecule has 2 aliphatic heterocycles. The van der Waals surface area contributed by atoms with Gasteiger partial charge in [-0.1, -0.05) is 13.8 Å². The molecule has 0 spiro atoms. The van der Waals surface area contributed by atoms with E-state index in [0.29, 0.717) is 11.3 Å². The molecule has 1 aliphatic carbocycles. The number of nitrogens with zero attached hydrogens (tertiary/aromatic N) is 1. The van der Waals surface area contributed by atoms with Gasteiger partial charge in [0.2, 0.25) is 0 Å². The molecule has 20 heavy (non-hydrogen) atoms. The lowest BCUT2D eigenvalue weighted by atomic mass is 9.51. The number of hydrogen-bond acceptors (Lipinski definition) is 4. The smallest absolute Gasteiger partial charge is 0.169 e. The van der Waals surface area contributed by atoms with Crippen molar-refractivity contribution in [2.24, 2.45) is 17.3 Å². The third kappa shape index (κ3) is 2.63. The largest absolute Gasteiger partial charge is 0.379 e. The van der Waals surface area contributed by atoms with Gasteiger partial charge in [-0.2, -0.15) is 0 Å². The van der Waals surface area contributed by atoms with E-state index in [0.717, 1.165) is 45.4 Å². The fourth-order valence-corrected chi connectivity index (χ4v) is 4.29. The van der Waals surface area contributed by atoms with Gasteiger partial charge in [-0.05, 0) is 37.6 Å². The predicted octanol–water partition coefficient (Wildman–Crippen LogP) is 2.13.